The summed E-state index contributed by atoms with van der Waals surface area (Å²) in [4.78, 5) is 15.5. The first-order valence-corrected chi connectivity index (χ1v) is 21.6. The van der Waals surface area contributed by atoms with Gasteiger partial charge in [-0.3, -0.25) is 4.98 Å². The first kappa shape index (κ1) is 34.6. The number of nitrogens with zero attached hydrogens (tertiary/aromatic N) is 4. The lowest BCUT2D eigenvalue weighted by Gasteiger charge is -2.96. The molecule has 0 aliphatic heterocycles. The average molecular weight is 781 g/mol. The summed E-state index contributed by atoms with van der Waals surface area (Å²) in [5.74, 6) is 2.29. The molecule has 61 heavy (non-hydrogen) atoms. The second kappa shape index (κ2) is 12.6. The number of aromatic nitrogens is 3. The quantitative estimate of drug-likeness (QED) is 0.162. The zero-order valence-corrected chi connectivity index (χ0v) is 33.6. The number of hydrogen-bond donors (Lipinski definition) is 0. The summed E-state index contributed by atoms with van der Waals surface area (Å²) in [6, 6.07) is 65.1. The molecular formula is C57H40N4. The van der Waals surface area contributed by atoms with E-state index in [0.717, 1.165) is 56.8 Å². The molecule has 5 atom stereocenters. The maximum atomic E-state index is 9.35. The van der Waals surface area contributed by atoms with Crippen LogP contribution in [0.15, 0.2) is 182 Å². The Morgan fingerprint density at radius 2 is 1.10 bits per heavy atom. The SMILES string of the molecule is N#Cc1ccc(-c2ccc(-c3ccc(C45CC6CC7CC(c8ccc(-c9cc(-c%10ccccc%10)nc(-c%10ccccc%10)n9)c9cccnc89)(C4)C675)cc3)c3ccccc23)cc1. The lowest BCUT2D eigenvalue weighted by Crippen LogP contribution is -2.93. The summed E-state index contributed by atoms with van der Waals surface area (Å²) in [5, 5.41) is 13.0. The molecule has 1 spiro atoms. The van der Waals surface area contributed by atoms with E-state index in [1.165, 1.54) is 69.7 Å². The van der Waals surface area contributed by atoms with Crippen molar-refractivity contribution >= 4 is 21.7 Å². The largest absolute Gasteiger partial charge is 0.256 e. The Balaban J connectivity index is 0.866. The van der Waals surface area contributed by atoms with Crippen molar-refractivity contribution in [1.29, 1.82) is 5.26 Å². The van der Waals surface area contributed by atoms with Crippen LogP contribution in [0.3, 0.4) is 0 Å². The van der Waals surface area contributed by atoms with E-state index in [9.17, 15) is 5.26 Å². The van der Waals surface area contributed by atoms with Gasteiger partial charge in [0.1, 0.15) is 0 Å². The molecule has 4 aliphatic carbocycles. The first-order valence-electron chi connectivity index (χ1n) is 21.6. The van der Waals surface area contributed by atoms with Crippen LogP contribution in [0, 0.1) is 28.6 Å². The number of rotatable bonds is 7. The maximum absolute atomic E-state index is 9.35. The monoisotopic (exact) mass is 780 g/mol. The summed E-state index contributed by atoms with van der Waals surface area (Å²) in [5.41, 5.74) is 15.3. The molecule has 288 valence electrons. The van der Waals surface area contributed by atoms with Gasteiger partial charge >= 0.3 is 0 Å². The molecule has 4 heteroatoms. The molecule has 0 N–H and O–H groups in total. The van der Waals surface area contributed by atoms with Crippen LogP contribution >= 0.6 is 0 Å². The average Bonchev–Trinajstić information content (AvgIpc) is 3.31. The summed E-state index contributed by atoms with van der Waals surface area (Å²) in [7, 11) is 0. The minimum absolute atomic E-state index is 0.149. The molecule has 0 bridgehead atoms. The van der Waals surface area contributed by atoms with Gasteiger partial charge < -0.3 is 0 Å². The molecule has 4 nitrogen and oxygen atoms in total. The van der Waals surface area contributed by atoms with Crippen LogP contribution in [-0.2, 0) is 10.8 Å². The van der Waals surface area contributed by atoms with Gasteiger partial charge in [-0.2, -0.15) is 5.26 Å². The fourth-order valence-electron chi connectivity index (χ4n) is 13.4. The topological polar surface area (TPSA) is 62.5 Å². The van der Waals surface area contributed by atoms with Gasteiger partial charge in [-0.25, -0.2) is 9.97 Å². The minimum Gasteiger partial charge on any atom is -0.256 e. The minimum atomic E-state index is 0.149. The Morgan fingerprint density at radius 1 is 0.508 bits per heavy atom. The van der Waals surface area contributed by atoms with E-state index in [1.807, 2.05) is 42.6 Å². The highest BCUT2D eigenvalue weighted by atomic mass is 15.0. The summed E-state index contributed by atoms with van der Waals surface area (Å²) in [6.45, 7) is 0. The summed E-state index contributed by atoms with van der Waals surface area (Å²) >= 11 is 0. The molecule has 0 amide bonds. The van der Waals surface area contributed by atoms with Crippen LogP contribution in [0.5, 0.6) is 0 Å². The van der Waals surface area contributed by atoms with E-state index < -0.39 is 0 Å². The van der Waals surface area contributed by atoms with Gasteiger partial charge in [0.25, 0.3) is 0 Å². The fraction of sp³-hybridized carbons (Fsp3) is 0.158. The van der Waals surface area contributed by atoms with E-state index in [2.05, 4.69) is 146 Å². The Bertz CT molecular complexity index is 3220. The van der Waals surface area contributed by atoms with Gasteiger partial charge in [0.05, 0.1) is 28.5 Å². The molecule has 0 radical (unpaired) electrons. The normalized spacial score (nSPS) is 24.0. The van der Waals surface area contributed by atoms with Gasteiger partial charge in [-0.1, -0.05) is 152 Å². The van der Waals surface area contributed by atoms with Crippen LogP contribution in [0.4, 0.5) is 0 Å². The fourth-order valence-corrected chi connectivity index (χ4v) is 13.4. The first-order chi connectivity index (χ1) is 30.1. The lowest BCUT2D eigenvalue weighted by atomic mass is 9.07. The van der Waals surface area contributed by atoms with Crippen molar-refractivity contribution in [2.75, 3.05) is 0 Å². The van der Waals surface area contributed by atoms with Crippen molar-refractivity contribution < 1.29 is 0 Å². The third kappa shape index (κ3) is 4.56. The predicted octanol–water partition coefficient (Wildman–Crippen LogP) is 13.4. The van der Waals surface area contributed by atoms with Gasteiger partial charge in [0.2, 0.25) is 0 Å². The molecule has 4 saturated carbocycles. The van der Waals surface area contributed by atoms with Crippen LogP contribution in [0.2, 0.25) is 0 Å². The summed E-state index contributed by atoms with van der Waals surface area (Å²) < 4.78 is 0. The number of fused-ring (bicyclic) bond motifs is 2. The Hall–Kier alpha value is -7.22. The van der Waals surface area contributed by atoms with Crippen molar-refractivity contribution in [3.63, 3.8) is 0 Å². The highest BCUT2D eigenvalue weighted by Gasteiger charge is 2.94. The predicted molar refractivity (Wildman–Crippen MR) is 244 cm³/mol. The molecule has 5 unspecified atom stereocenters. The standard InChI is InChI=1S/C57H40N4/c58-34-36-17-19-37(20-18-36)44-25-26-45(47-15-8-7-14-46(44)47)38-21-23-41(24-22-38)55-32-42-30-43-33-56(35-55,57(42,43)55)50-28-27-48(49-16-9-29-59-53(49)50)52-31-51(39-10-3-1-4-11-39)60-54(61-52)40-12-5-2-6-13-40/h1-29,31,42-43H,30,32-33,35H2. The van der Waals surface area contributed by atoms with Gasteiger partial charge in [-0.05, 0) is 111 Å². The molecule has 4 fully saturated rings. The maximum Gasteiger partial charge on any atom is 0.160 e. The molecule has 4 aliphatic rings. The van der Waals surface area contributed by atoms with E-state index in [0.29, 0.717) is 11.0 Å². The third-order valence-electron chi connectivity index (χ3n) is 15.6. The lowest BCUT2D eigenvalue weighted by molar-refractivity contribution is -0.412. The van der Waals surface area contributed by atoms with Crippen molar-refractivity contribution in [3.05, 3.63) is 199 Å². The van der Waals surface area contributed by atoms with Crippen LogP contribution < -0.4 is 0 Å². The Morgan fingerprint density at radius 3 is 1.77 bits per heavy atom. The van der Waals surface area contributed by atoms with Crippen molar-refractivity contribution in [1.82, 2.24) is 15.0 Å². The molecular weight excluding hydrogens is 741 g/mol. The summed E-state index contributed by atoms with van der Waals surface area (Å²) in [6.07, 6.45) is 7.09. The van der Waals surface area contributed by atoms with E-state index in [1.54, 1.807) is 0 Å². The molecule has 7 aromatic carbocycles. The molecule has 13 rings (SSSR count). The number of benzene rings is 7. The van der Waals surface area contributed by atoms with E-state index in [4.69, 9.17) is 15.0 Å². The third-order valence-corrected chi connectivity index (χ3v) is 15.6. The highest BCUT2D eigenvalue weighted by Crippen LogP contribution is 2.97. The van der Waals surface area contributed by atoms with Crippen molar-refractivity contribution in [2.45, 2.75) is 36.5 Å². The molecule has 2 heterocycles. The van der Waals surface area contributed by atoms with Crippen LogP contribution in [0.25, 0.3) is 77.8 Å². The van der Waals surface area contributed by atoms with Crippen molar-refractivity contribution in [3.8, 4) is 62.2 Å². The Kier molecular flexibility index (Phi) is 7.18. The second-order valence-corrected chi connectivity index (χ2v) is 18.0. The number of nitriles is 1. The van der Waals surface area contributed by atoms with E-state index >= 15 is 0 Å². The smallest absolute Gasteiger partial charge is 0.160 e. The van der Waals surface area contributed by atoms with Gasteiger partial charge in [-0.15, -0.1) is 0 Å². The van der Waals surface area contributed by atoms with Crippen molar-refractivity contribution in [2.24, 2.45) is 17.3 Å². The van der Waals surface area contributed by atoms with Crippen LogP contribution in [-0.4, -0.2) is 15.0 Å². The van der Waals surface area contributed by atoms with Crippen LogP contribution in [0.1, 0.15) is 42.4 Å². The molecule has 9 aromatic rings. The molecule has 0 saturated heterocycles. The second-order valence-electron chi connectivity index (χ2n) is 18.0. The highest BCUT2D eigenvalue weighted by molar-refractivity contribution is 6.05. The number of pyridine rings is 1. The molecule has 2 aromatic heterocycles. The number of hydrogen-bond acceptors (Lipinski definition) is 4. The van der Waals surface area contributed by atoms with Gasteiger partial charge in [0.15, 0.2) is 5.82 Å². The van der Waals surface area contributed by atoms with Gasteiger partial charge in [0, 0.05) is 39.1 Å². The Labute approximate surface area is 355 Å². The van der Waals surface area contributed by atoms with E-state index in [-0.39, 0.29) is 10.8 Å². The zero-order chi connectivity index (χ0) is 40.3. The zero-order valence-electron chi connectivity index (χ0n) is 33.6.